The summed E-state index contributed by atoms with van der Waals surface area (Å²) >= 11 is 0. The SMILES string of the molecule is CCC1(c2ccc(-c3ccc(B4OC(C)(C)C(C)(C)O4)cc3)cc2)CC1. The zero-order valence-electron chi connectivity index (χ0n) is 16.6. The number of hydrogen-bond acceptors (Lipinski definition) is 2. The molecule has 1 aliphatic carbocycles. The molecule has 3 heteroatoms. The Bertz CT molecular complexity index is 770. The quantitative estimate of drug-likeness (QED) is 0.716. The average Bonchev–Trinajstić information content (AvgIpc) is 3.38. The Kier molecular flexibility index (Phi) is 4.09. The van der Waals surface area contributed by atoms with Crippen LogP contribution in [0.5, 0.6) is 0 Å². The van der Waals surface area contributed by atoms with E-state index >= 15 is 0 Å². The molecule has 0 N–H and O–H groups in total. The van der Waals surface area contributed by atoms with Crippen LogP contribution in [0.25, 0.3) is 11.1 Å². The van der Waals surface area contributed by atoms with E-state index in [4.69, 9.17) is 9.31 Å². The van der Waals surface area contributed by atoms with Crippen molar-refractivity contribution >= 4 is 12.6 Å². The second kappa shape index (κ2) is 5.97. The van der Waals surface area contributed by atoms with E-state index in [-0.39, 0.29) is 18.3 Å². The van der Waals surface area contributed by atoms with Crippen molar-refractivity contribution in [1.82, 2.24) is 0 Å². The van der Waals surface area contributed by atoms with Crippen molar-refractivity contribution in [3.05, 3.63) is 54.1 Å². The first kappa shape index (κ1) is 17.8. The zero-order chi connectivity index (χ0) is 18.6. The summed E-state index contributed by atoms with van der Waals surface area (Å²) in [7, 11) is -0.296. The molecule has 0 unspecified atom stereocenters. The van der Waals surface area contributed by atoms with E-state index in [1.165, 1.54) is 36.0 Å². The van der Waals surface area contributed by atoms with Crippen molar-refractivity contribution in [3.63, 3.8) is 0 Å². The van der Waals surface area contributed by atoms with E-state index in [9.17, 15) is 0 Å². The monoisotopic (exact) mass is 348 g/mol. The highest BCUT2D eigenvalue weighted by atomic mass is 16.7. The standard InChI is InChI=1S/C23H29BO2/c1-6-23(15-16-23)19-11-7-17(8-12-19)18-9-13-20(14-10-18)24-25-21(2,3)22(4,5)26-24/h7-14H,6,15-16H2,1-5H3. The van der Waals surface area contributed by atoms with Crippen molar-refractivity contribution in [2.45, 2.75) is 70.5 Å². The normalized spacial score (nSPS) is 22.4. The van der Waals surface area contributed by atoms with Gasteiger partial charge in [0.1, 0.15) is 0 Å². The lowest BCUT2D eigenvalue weighted by molar-refractivity contribution is 0.00578. The summed E-state index contributed by atoms with van der Waals surface area (Å²) in [6.07, 6.45) is 3.92. The third kappa shape index (κ3) is 2.91. The van der Waals surface area contributed by atoms with Crippen LogP contribution in [0.15, 0.2) is 48.5 Å². The minimum atomic E-state index is -0.301. The molecule has 2 aromatic rings. The molecule has 0 radical (unpaired) electrons. The van der Waals surface area contributed by atoms with Crippen LogP contribution < -0.4 is 5.46 Å². The first-order chi connectivity index (χ1) is 12.3. The van der Waals surface area contributed by atoms with Gasteiger partial charge in [-0.2, -0.15) is 0 Å². The van der Waals surface area contributed by atoms with Crippen LogP contribution >= 0.6 is 0 Å². The smallest absolute Gasteiger partial charge is 0.399 e. The lowest BCUT2D eigenvalue weighted by atomic mass is 9.78. The Morgan fingerprint density at radius 1 is 0.769 bits per heavy atom. The van der Waals surface area contributed by atoms with Gasteiger partial charge in [-0.05, 0) is 74.5 Å². The summed E-state index contributed by atoms with van der Waals surface area (Å²) in [4.78, 5) is 0. The Morgan fingerprint density at radius 3 is 1.65 bits per heavy atom. The first-order valence-electron chi connectivity index (χ1n) is 9.83. The second-order valence-electron chi connectivity index (χ2n) is 8.92. The van der Waals surface area contributed by atoms with Gasteiger partial charge in [0.25, 0.3) is 0 Å². The molecule has 1 saturated carbocycles. The lowest BCUT2D eigenvalue weighted by Gasteiger charge is -2.32. The fourth-order valence-corrected chi connectivity index (χ4v) is 3.83. The maximum Gasteiger partial charge on any atom is 0.494 e. The highest BCUT2D eigenvalue weighted by Crippen LogP contribution is 2.51. The van der Waals surface area contributed by atoms with Crippen molar-refractivity contribution in [3.8, 4) is 11.1 Å². The third-order valence-electron chi connectivity index (χ3n) is 6.80. The second-order valence-corrected chi connectivity index (χ2v) is 8.92. The molecular formula is C23H29BO2. The van der Waals surface area contributed by atoms with Gasteiger partial charge in [-0.25, -0.2) is 0 Å². The Hall–Kier alpha value is -1.58. The number of benzene rings is 2. The van der Waals surface area contributed by atoms with Gasteiger partial charge in [-0.15, -0.1) is 0 Å². The predicted molar refractivity (Wildman–Crippen MR) is 109 cm³/mol. The minimum absolute atomic E-state index is 0.296. The van der Waals surface area contributed by atoms with Gasteiger partial charge >= 0.3 is 7.12 Å². The van der Waals surface area contributed by atoms with Crippen LogP contribution in [0, 0.1) is 0 Å². The summed E-state index contributed by atoms with van der Waals surface area (Å²) in [5, 5.41) is 0. The maximum atomic E-state index is 6.15. The van der Waals surface area contributed by atoms with Crippen LogP contribution in [0.2, 0.25) is 0 Å². The van der Waals surface area contributed by atoms with Crippen LogP contribution in [0.3, 0.4) is 0 Å². The largest absolute Gasteiger partial charge is 0.494 e. The van der Waals surface area contributed by atoms with Crippen LogP contribution in [-0.4, -0.2) is 18.3 Å². The summed E-state index contributed by atoms with van der Waals surface area (Å²) < 4.78 is 12.3. The molecule has 136 valence electrons. The summed E-state index contributed by atoms with van der Waals surface area (Å²) in [5.41, 5.74) is 4.94. The third-order valence-corrected chi connectivity index (χ3v) is 6.80. The molecule has 1 heterocycles. The van der Waals surface area contributed by atoms with Gasteiger partial charge in [0.2, 0.25) is 0 Å². The van der Waals surface area contributed by atoms with E-state index in [2.05, 4.69) is 83.1 Å². The van der Waals surface area contributed by atoms with E-state index in [1.54, 1.807) is 0 Å². The van der Waals surface area contributed by atoms with Crippen molar-refractivity contribution in [1.29, 1.82) is 0 Å². The van der Waals surface area contributed by atoms with Crippen LogP contribution in [0.1, 0.15) is 59.4 Å². The Labute approximate surface area is 158 Å². The molecule has 0 spiro atoms. The summed E-state index contributed by atoms with van der Waals surface area (Å²) in [5.74, 6) is 0. The Morgan fingerprint density at radius 2 is 1.23 bits per heavy atom. The topological polar surface area (TPSA) is 18.5 Å². The van der Waals surface area contributed by atoms with Crippen molar-refractivity contribution in [2.75, 3.05) is 0 Å². The molecule has 0 aromatic heterocycles. The van der Waals surface area contributed by atoms with Gasteiger partial charge in [-0.1, -0.05) is 55.5 Å². The van der Waals surface area contributed by atoms with Gasteiger partial charge in [0, 0.05) is 0 Å². The summed E-state index contributed by atoms with van der Waals surface area (Å²) in [6, 6.07) is 17.7. The first-order valence-corrected chi connectivity index (χ1v) is 9.83. The fraction of sp³-hybridized carbons (Fsp3) is 0.478. The van der Waals surface area contributed by atoms with Gasteiger partial charge in [-0.3, -0.25) is 0 Å². The molecule has 2 nitrogen and oxygen atoms in total. The number of hydrogen-bond donors (Lipinski definition) is 0. The molecule has 2 fully saturated rings. The van der Waals surface area contributed by atoms with E-state index in [0.717, 1.165) is 5.46 Å². The van der Waals surface area contributed by atoms with Crippen molar-refractivity contribution < 1.29 is 9.31 Å². The highest BCUT2D eigenvalue weighted by molar-refractivity contribution is 6.62. The zero-order valence-corrected chi connectivity index (χ0v) is 16.6. The number of rotatable bonds is 4. The molecule has 0 atom stereocenters. The van der Waals surface area contributed by atoms with E-state index in [1.807, 2.05) is 0 Å². The van der Waals surface area contributed by atoms with Crippen LogP contribution in [0.4, 0.5) is 0 Å². The maximum absolute atomic E-state index is 6.15. The van der Waals surface area contributed by atoms with E-state index in [0.29, 0.717) is 5.41 Å². The minimum Gasteiger partial charge on any atom is -0.399 e. The molecule has 2 aliphatic rings. The molecule has 1 saturated heterocycles. The fourth-order valence-electron chi connectivity index (χ4n) is 3.83. The Balaban J connectivity index is 1.52. The average molecular weight is 348 g/mol. The molecule has 0 amide bonds. The molecule has 4 rings (SSSR count). The molecular weight excluding hydrogens is 319 g/mol. The molecule has 1 aliphatic heterocycles. The van der Waals surface area contributed by atoms with Gasteiger partial charge < -0.3 is 9.31 Å². The van der Waals surface area contributed by atoms with Crippen LogP contribution in [-0.2, 0) is 14.7 Å². The van der Waals surface area contributed by atoms with Gasteiger partial charge in [0.05, 0.1) is 11.2 Å². The highest BCUT2D eigenvalue weighted by Gasteiger charge is 2.51. The summed E-state index contributed by atoms with van der Waals surface area (Å²) in [6.45, 7) is 10.7. The van der Waals surface area contributed by atoms with Crippen molar-refractivity contribution in [2.24, 2.45) is 0 Å². The molecule has 0 bridgehead atoms. The predicted octanol–water partition coefficient (Wildman–Crippen LogP) is 5.09. The van der Waals surface area contributed by atoms with Gasteiger partial charge in [0.15, 0.2) is 0 Å². The molecule has 26 heavy (non-hydrogen) atoms. The van der Waals surface area contributed by atoms with E-state index < -0.39 is 0 Å². The lowest BCUT2D eigenvalue weighted by Crippen LogP contribution is -2.41. The molecule has 2 aromatic carbocycles.